The Kier molecular flexibility index (Phi) is 14.3. The zero-order valence-corrected chi connectivity index (χ0v) is 30.5. The van der Waals surface area contributed by atoms with E-state index in [1.807, 2.05) is 6.92 Å². The van der Waals surface area contributed by atoms with Crippen molar-refractivity contribution >= 4 is 58.0 Å². The minimum atomic E-state index is -4.61. The van der Waals surface area contributed by atoms with Crippen LogP contribution in [0.25, 0.3) is 0 Å². The maximum absolute atomic E-state index is 14.5. The van der Waals surface area contributed by atoms with Crippen molar-refractivity contribution in [3.05, 3.63) is 69.2 Å². The monoisotopic (exact) mass is 786 g/mol. The van der Waals surface area contributed by atoms with Crippen LogP contribution in [-0.4, -0.2) is 59.8 Å². The lowest BCUT2D eigenvalue weighted by atomic mass is 9.93. The Morgan fingerprint density at radius 3 is 2.17 bits per heavy atom. The van der Waals surface area contributed by atoms with Gasteiger partial charge in [-0.2, -0.15) is 13.2 Å². The highest BCUT2D eigenvalue weighted by molar-refractivity contribution is 7.13. The smallest absolute Gasteiger partial charge is 0.445 e. The summed E-state index contributed by atoms with van der Waals surface area (Å²) in [5.41, 5.74) is 1.13. The van der Waals surface area contributed by atoms with E-state index in [9.17, 15) is 41.1 Å². The number of esters is 1. The summed E-state index contributed by atoms with van der Waals surface area (Å²) in [6.07, 6.45) is 0.790. The minimum Gasteiger partial charge on any atom is -0.480 e. The average Bonchev–Trinajstić information content (AvgIpc) is 3.70. The van der Waals surface area contributed by atoms with Gasteiger partial charge < -0.3 is 19.1 Å². The number of alkyl halides is 3. The third-order valence-electron chi connectivity index (χ3n) is 7.85. The molecule has 1 aromatic heterocycles. The number of aromatic nitrogens is 2. The van der Waals surface area contributed by atoms with Gasteiger partial charge in [0.1, 0.15) is 17.4 Å². The number of benzene rings is 2. The molecule has 2 heterocycles. The molecule has 11 nitrogen and oxygen atoms in total. The second kappa shape index (κ2) is 18.4. The molecule has 0 fully saturated rings. The van der Waals surface area contributed by atoms with Crippen molar-refractivity contribution in [2.24, 2.45) is 0 Å². The highest BCUT2D eigenvalue weighted by atomic mass is 35.5. The molecule has 18 heteroatoms. The molecule has 0 spiro atoms. The van der Waals surface area contributed by atoms with Crippen molar-refractivity contribution in [2.45, 2.75) is 77.9 Å². The summed E-state index contributed by atoms with van der Waals surface area (Å²) < 4.78 is 80.3. The van der Waals surface area contributed by atoms with Gasteiger partial charge in [0.25, 0.3) is 22.9 Å². The number of imide groups is 1. The average molecular weight is 787 g/mol. The van der Waals surface area contributed by atoms with Crippen LogP contribution in [0.4, 0.5) is 33.3 Å². The quantitative estimate of drug-likeness (QED) is 0.0737. The Morgan fingerprint density at radius 2 is 1.60 bits per heavy atom. The van der Waals surface area contributed by atoms with Crippen molar-refractivity contribution in [2.75, 3.05) is 29.6 Å². The molecule has 0 saturated carbocycles. The van der Waals surface area contributed by atoms with Gasteiger partial charge in [0, 0.05) is 28.9 Å². The summed E-state index contributed by atoms with van der Waals surface area (Å²) in [5, 5.41) is 4.65. The molecule has 5 rings (SSSR count). The van der Waals surface area contributed by atoms with Crippen molar-refractivity contribution < 1.29 is 55.3 Å². The first-order chi connectivity index (χ1) is 25.1. The fourth-order valence-electron chi connectivity index (χ4n) is 5.38. The van der Waals surface area contributed by atoms with Crippen LogP contribution in [0.5, 0.6) is 10.9 Å². The number of hydrogen-bond acceptors (Lipinski definition) is 10. The first-order valence-electron chi connectivity index (χ1n) is 16.6. The standard InChI is InChI=1S/C21H23ClFNO5.C14H13F4N3O2S/c1-2-3-6-9-28-19(25)12-29-18-11-17(16(23)10-15(18)22)24-20(26)13-7-4-5-8-14(13)21(24)27;1-8(2)21(10-5-3-9(15)4-6-10)11(22)7-23-13-20-19-12(24-13)14(16,17)18/h10-11H,2-9,12H2,1H3;3-6,8H,7H2,1-2H3. The number of anilines is 2. The molecule has 0 radical (unpaired) electrons. The summed E-state index contributed by atoms with van der Waals surface area (Å²) in [5.74, 6) is -3.35. The predicted molar refractivity (Wildman–Crippen MR) is 185 cm³/mol. The number of ether oxygens (including phenoxy) is 3. The third kappa shape index (κ3) is 10.7. The van der Waals surface area contributed by atoms with E-state index in [2.05, 4.69) is 10.2 Å². The largest absolute Gasteiger partial charge is 0.480 e. The van der Waals surface area contributed by atoms with Gasteiger partial charge in [-0.3, -0.25) is 14.4 Å². The second-order valence-electron chi connectivity index (χ2n) is 12.1. The molecule has 286 valence electrons. The molecular formula is C35H36ClF5N4O7S. The molecule has 0 saturated heterocycles. The molecule has 1 aliphatic carbocycles. The maximum atomic E-state index is 14.5. The fraction of sp³-hybridized carbons (Fsp3) is 0.429. The molecule has 53 heavy (non-hydrogen) atoms. The lowest BCUT2D eigenvalue weighted by Crippen LogP contribution is -2.40. The van der Waals surface area contributed by atoms with Gasteiger partial charge >= 0.3 is 12.1 Å². The highest BCUT2D eigenvalue weighted by Crippen LogP contribution is 2.39. The Balaban J connectivity index is 0.000000241. The fourth-order valence-corrected chi connectivity index (χ4v) is 6.15. The van der Waals surface area contributed by atoms with Gasteiger partial charge in [-0.05, 0) is 76.3 Å². The SMILES string of the molecule is CC(C)N(C(=O)COc1nnc(C(F)(F)F)s1)c1ccc(F)cc1.CCCCCOC(=O)COc1cc(N2C(=O)C3=C(CCCC3)C2=O)c(F)cc1Cl. The number of amides is 3. The van der Waals surface area contributed by atoms with Gasteiger partial charge in [-0.1, -0.05) is 47.8 Å². The number of hydrogen-bond donors (Lipinski definition) is 0. The molecule has 1 aliphatic heterocycles. The topological polar surface area (TPSA) is 128 Å². The maximum Gasteiger partial charge on any atom is 0.445 e. The van der Waals surface area contributed by atoms with Crippen LogP contribution >= 0.6 is 22.9 Å². The third-order valence-corrected chi connectivity index (χ3v) is 9.02. The second-order valence-corrected chi connectivity index (χ2v) is 13.4. The van der Waals surface area contributed by atoms with Crippen LogP contribution in [0, 0.1) is 11.6 Å². The molecule has 2 aliphatic rings. The van der Waals surface area contributed by atoms with Crippen LogP contribution < -0.4 is 19.3 Å². The summed E-state index contributed by atoms with van der Waals surface area (Å²) in [6.45, 7) is 4.91. The summed E-state index contributed by atoms with van der Waals surface area (Å²) in [6, 6.07) is 7.16. The lowest BCUT2D eigenvalue weighted by Gasteiger charge is -2.26. The molecule has 3 aromatic rings. The number of nitrogens with zero attached hydrogens (tertiary/aromatic N) is 4. The number of halogens is 6. The van der Waals surface area contributed by atoms with Crippen LogP contribution in [0.15, 0.2) is 47.5 Å². The van der Waals surface area contributed by atoms with Gasteiger partial charge in [0.2, 0.25) is 5.01 Å². The number of carbonyl (C=O) groups excluding carboxylic acids is 4. The summed E-state index contributed by atoms with van der Waals surface area (Å²) >= 11 is 6.23. The van der Waals surface area contributed by atoms with Crippen molar-refractivity contribution in [1.29, 1.82) is 0 Å². The first kappa shape index (κ1) is 41.1. The van der Waals surface area contributed by atoms with Crippen LogP contribution in [0.1, 0.15) is 70.7 Å². The molecule has 0 N–H and O–H groups in total. The Labute approximate surface area is 310 Å². The molecule has 0 unspecified atom stereocenters. The predicted octanol–water partition coefficient (Wildman–Crippen LogP) is 7.85. The molecular weight excluding hydrogens is 751 g/mol. The molecule has 3 amide bonds. The zero-order valence-electron chi connectivity index (χ0n) is 28.9. The van der Waals surface area contributed by atoms with Gasteiger partial charge in [-0.25, -0.2) is 18.5 Å². The van der Waals surface area contributed by atoms with Crippen LogP contribution in [0.3, 0.4) is 0 Å². The van der Waals surface area contributed by atoms with E-state index in [1.54, 1.807) is 13.8 Å². The normalized spacial score (nSPS) is 14.2. The molecule has 2 aromatic carbocycles. The highest BCUT2D eigenvalue weighted by Gasteiger charge is 2.41. The van der Waals surface area contributed by atoms with Crippen LogP contribution in [0.2, 0.25) is 5.02 Å². The van der Waals surface area contributed by atoms with Gasteiger partial charge in [0.05, 0.1) is 17.3 Å². The van der Waals surface area contributed by atoms with E-state index in [0.29, 0.717) is 36.3 Å². The van der Waals surface area contributed by atoms with Crippen molar-refractivity contribution in [3.8, 4) is 10.9 Å². The van der Waals surface area contributed by atoms with Crippen molar-refractivity contribution in [1.82, 2.24) is 10.2 Å². The number of unbranched alkanes of at least 4 members (excludes halogenated alkanes) is 2. The molecule has 0 bridgehead atoms. The van der Waals surface area contributed by atoms with Gasteiger partial charge in [0.15, 0.2) is 13.2 Å². The zero-order chi connectivity index (χ0) is 38.9. The Bertz CT molecular complexity index is 1810. The summed E-state index contributed by atoms with van der Waals surface area (Å²) in [4.78, 5) is 51.6. The number of rotatable bonds is 13. The van der Waals surface area contributed by atoms with E-state index >= 15 is 0 Å². The molecule has 0 atom stereocenters. The van der Waals surface area contributed by atoms with E-state index in [0.717, 1.165) is 43.1 Å². The minimum absolute atomic E-state index is 0.000883. The Morgan fingerprint density at radius 1 is 0.962 bits per heavy atom. The Hall–Kier alpha value is -4.64. The van der Waals surface area contributed by atoms with Gasteiger partial charge in [-0.15, -0.1) is 5.10 Å². The van der Waals surface area contributed by atoms with Crippen LogP contribution in [-0.2, 0) is 30.1 Å². The van der Waals surface area contributed by atoms with E-state index in [1.165, 1.54) is 35.2 Å². The number of carbonyl (C=O) groups is 4. The first-order valence-corrected chi connectivity index (χ1v) is 17.8. The van der Waals surface area contributed by atoms with E-state index < -0.39 is 59.7 Å². The van der Waals surface area contributed by atoms with Crippen molar-refractivity contribution in [3.63, 3.8) is 0 Å². The summed E-state index contributed by atoms with van der Waals surface area (Å²) in [7, 11) is 0. The van der Waals surface area contributed by atoms with E-state index in [-0.39, 0.29) is 39.0 Å². The lowest BCUT2D eigenvalue weighted by molar-refractivity contribution is -0.146. The van der Waals surface area contributed by atoms with E-state index in [4.69, 9.17) is 25.8 Å².